The van der Waals surface area contributed by atoms with E-state index in [1.165, 1.54) is 6.21 Å². The second-order valence-electron chi connectivity index (χ2n) is 2.52. The zero-order valence-electron chi connectivity index (χ0n) is 8.00. The molecular formula is C9H12N4O2. The molecule has 0 atom stereocenters. The van der Waals surface area contributed by atoms with Gasteiger partial charge in [-0.3, -0.25) is 5.21 Å². The van der Waals surface area contributed by atoms with Crippen LogP contribution in [0.1, 0.15) is 0 Å². The van der Waals surface area contributed by atoms with Crippen molar-refractivity contribution in [2.24, 2.45) is 15.9 Å². The van der Waals surface area contributed by atoms with Crippen molar-refractivity contribution in [1.82, 2.24) is 5.48 Å². The predicted molar refractivity (Wildman–Crippen MR) is 57.0 cm³/mol. The monoisotopic (exact) mass is 208 g/mol. The molecule has 80 valence electrons. The van der Waals surface area contributed by atoms with Gasteiger partial charge in [-0.15, -0.1) is 5.10 Å². The first kappa shape index (κ1) is 11.0. The summed E-state index contributed by atoms with van der Waals surface area (Å²) in [4.78, 5) is 0. The Hall–Kier alpha value is -2.08. The van der Waals surface area contributed by atoms with Crippen LogP contribution in [-0.2, 0) is 0 Å². The Morgan fingerprint density at radius 1 is 1.47 bits per heavy atom. The van der Waals surface area contributed by atoms with E-state index in [4.69, 9.17) is 15.7 Å². The first-order valence-electron chi connectivity index (χ1n) is 4.26. The Bertz CT molecular complexity index is 337. The zero-order valence-corrected chi connectivity index (χ0v) is 8.00. The van der Waals surface area contributed by atoms with Crippen LogP contribution in [0.4, 0.5) is 0 Å². The van der Waals surface area contributed by atoms with Crippen molar-refractivity contribution in [2.75, 3.05) is 6.61 Å². The fourth-order valence-electron chi connectivity index (χ4n) is 0.809. The molecule has 0 heterocycles. The fourth-order valence-corrected chi connectivity index (χ4v) is 0.809. The van der Waals surface area contributed by atoms with Gasteiger partial charge >= 0.3 is 0 Å². The van der Waals surface area contributed by atoms with E-state index in [-0.39, 0.29) is 12.6 Å². The number of para-hydroxylation sites is 1. The molecule has 0 aromatic heterocycles. The maximum absolute atomic E-state index is 8.26. The molecule has 0 saturated carbocycles. The number of hydrogen-bond acceptors (Lipinski definition) is 4. The van der Waals surface area contributed by atoms with Crippen molar-refractivity contribution >= 4 is 12.2 Å². The standard InChI is InChI=1S/C9H12N4O2/c10-9(13-14)12-11-6-7-15-8-4-2-1-3-5-8/h1-6,14H,7H2,(H3,10,12,13)/b11-6-. The molecule has 0 spiro atoms. The molecule has 0 saturated heterocycles. The van der Waals surface area contributed by atoms with Gasteiger partial charge in [0.1, 0.15) is 12.4 Å². The van der Waals surface area contributed by atoms with Crippen LogP contribution in [0.15, 0.2) is 40.5 Å². The second kappa shape index (κ2) is 6.39. The van der Waals surface area contributed by atoms with E-state index in [2.05, 4.69) is 10.2 Å². The molecule has 0 fully saturated rings. The SMILES string of the molecule is NC(=N/N=C\COc1ccccc1)NO. The van der Waals surface area contributed by atoms with Gasteiger partial charge in [0.05, 0.1) is 6.21 Å². The average Bonchev–Trinajstić information content (AvgIpc) is 2.29. The minimum Gasteiger partial charge on any atom is -0.488 e. The summed E-state index contributed by atoms with van der Waals surface area (Å²) in [6.45, 7) is 0.284. The lowest BCUT2D eigenvalue weighted by molar-refractivity contribution is 0.232. The molecule has 0 radical (unpaired) electrons. The number of nitrogens with two attached hydrogens (primary N) is 1. The van der Waals surface area contributed by atoms with Gasteiger partial charge in [0.25, 0.3) is 0 Å². The third-order valence-electron chi connectivity index (χ3n) is 1.43. The van der Waals surface area contributed by atoms with Gasteiger partial charge in [0.15, 0.2) is 0 Å². The van der Waals surface area contributed by atoms with Gasteiger partial charge in [-0.2, -0.15) is 5.10 Å². The Kier molecular flexibility index (Phi) is 4.68. The molecule has 1 aromatic carbocycles. The van der Waals surface area contributed by atoms with E-state index in [0.717, 1.165) is 5.75 Å². The normalized spacial score (nSPS) is 11.7. The van der Waals surface area contributed by atoms with Gasteiger partial charge in [0, 0.05) is 0 Å². The molecule has 0 aliphatic heterocycles. The van der Waals surface area contributed by atoms with Crippen LogP contribution < -0.4 is 16.0 Å². The van der Waals surface area contributed by atoms with Crippen molar-refractivity contribution in [3.05, 3.63) is 30.3 Å². The van der Waals surface area contributed by atoms with Crippen molar-refractivity contribution in [2.45, 2.75) is 0 Å². The number of hydrogen-bond donors (Lipinski definition) is 3. The molecule has 1 rings (SSSR count). The van der Waals surface area contributed by atoms with Gasteiger partial charge in [-0.05, 0) is 12.1 Å². The molecule has 0 unspecified atom stereocenters. The number of guanidine groups is 1. The van der Waals surface area contributed by atoms with E-state index >= 15 is 0 Å². The highest BCUT2D eigenvalue weighted by Gasteiger charge is 1.87. The van der Waals surface area contributed by atoms with Crippen LogP contribution in [0, 0.1) is 0 Å². The van der Waals surface area contributed by atoms with Gasteiger partial charge in [-0.25, -0.2) is 5.48 Å². The van der Waals surface area contributed by atoms with Crippen LogP contribution in [0.3, 0.4) is 0 Å². The van der Waals surface area contributed by atoms with E-state index in [9.17, 15) is 0 Å². The Morgan fingerprint density at radius 3 is 2.87 bits per heavy atom. The lowest BCUT2D eigenvalue weighted by atomic mass is 10.3. The predicted octanol–water partition coefficient (Wildman–Crippen LogP) is 0.345. The number of rotatable bonds is 4. The lowest BCUT2D eigenvalue weighted by Gasteiger charge is -2.00. The number of ether oxygens (including phenoxy) is 1. The van der Waals surface area contributed by atoms with Crippen molar-refractivity contribution in [3.8, 4) is 5.75 Å². The second-order valence-corrected chi connectivity index (χ2v) is 2.52. The third kappa shape index (κ3) is 4.63. The summed E-state index contributed by atoms with van der Waals surface area (Å²) in [5.41, 5.74) is 6.75. The maximum Gasteiger partial charge on any atom is 0.237 e. The van der Waals surface area contributed by atoms with Crippen LogP contribution in [-0.4, -0.2) is 24.0 Å². The zero-order chi connectivity index (χ0) is 10.9. The van der Waals surface area contributed by atoms with Crippen molar-refractivity contribution in [1.29, 1.82) is 0 Å². The van der Waals surface area contributed by atoms with E-state index in [1.54, 1.807) is 5.48 Å². The number of nitrogens with zero attached hydrogens (tertiary/aromatic N) is 2. The fraction of sp³-hybridized carbons (Fsp3) is 0.111. The van der Waals surface area contributed by atoms with E-state index in [0.29, 0.717) is 0 Å². The lowest BCUT2D eigenvalue weighted by Crippen LogP contribution is -2.27. The van der Waals surface area contributed by atoms with E-state index in [1.807, 2.05) is 30.3 Å². The van der Waals surface area contributed by atoms with Gasteiger partial charge in [0.2, 0.25) is 5.96 Å². The molecule has 0 amide bonds. The minimum atomic E-state index is -0.175. The Labute approximate surface area is 87.0 Å². The largest absolute Gasteiger partial charge is 0.488 e. The first-order chi connectivity index (χ1) is 7.33. The highest BCUT2D eigenvalue weighted by atomic mass is 16.5. The van der Waals surface area contributed by atoms with E-state index < -0.39 is 0 Å². The average molecular weight is 208 g/mol. The minimum absolute atomic E-state index is 0.175. The number of nitrogens with one attached hydrogen (secondary N) is 1. The van der Waals surface area contributed by atoms with Crippen LogP contribution in [0.5, 0.6) is 5.75 Å². The molecule has 0 aliphatic carbocycles. The van der Waals surface area contributed by atoms with Crippen LogP contribution in [0.2, 0.25) is 0 Å². The Morgan fingerprint density at radius 2 is 2.20 bits per heavy atom. The molecule has 0 aliphatic rings. The number of hydroxylamine groups is 1. The summed E-state index contributed by atoms with van der Waals surface area (Å²) in [6, 6.07) is 9.32. The molecule has 6 heteroatoms. The van der Waals surface area contributed by atoms with Crippen molar-refractivity contribution in [3.63, 3.8) is 0 Å². The summed E-state index contributed by atoms with van der Waals surface area (Å²) in [7, 11) is 0. The molecule has 15 heavy (non-hydrogen) atoms. The van der Waals surface area contributed by atoms with Gasteiger partial charge in [-0.1, -0.05) is 18.2 Å². The van der Waals surface area contributed by atoms with Crippen LogP contribution in [0.25, 0.3) is 0 Å². The van der Waals surface area contributed by atoms with Crippen molar-refractivity contribution < 1.29 is 9.94 Å². The summed E-state index contributed by atoms with van der Waals surface area (Å²) in [6.07, 6.45) is 1.43. The molecule has 6 nitrogen and oxygen atoms in total. The highest BCUT2D eigenvalue weighted by molar-refractivity contribution is 5.77. The quantitative estimate of drug-likeness (QED) is 0.378. The molecule has 1 aromatic rings. The summed E-state index contributed by atoms with van der Waals surface area (Å²) in [5.74, 6) is 0.576. The third-order valence-corrected chi connectivity index (χ3v) is 1.43. The number of benzene rings is 1. The first-order valence-corrected chi connectivity index (χ1v) is 4.26. The molecular weight excluding hydrogens is 196 g/mol. The topological polar surface area (TPSA) is 92.2 Å². The highest BCUT2D eigenvalue weighted by Crippen LogP contribution is 2.06. The Balaban J connectivity index is 2.28. The smallest absolute Gasteiger partial charge is 0.237 e. The molecule has 4 N–H and O–H groups in total. The summed E-state index contributed by atoms with van der Waals surface area (Å²) < 4.78 is 5.28. The summed E-state index contributed by atoms with van der Waals surface area (Å²) >= 11 is 0. The molecule has 0 bridgehead atoms. The van der Waals surface area contributed by atoms with Crippen LogP contribution >= 0.6 is 0 Å². The van der Waals surface area contributed by atoms with Gasteiger partial charge < -0.3 is 10.5 Å². The summed E-state index contributed by atoms with van der Waals surface area (Å²) in [5, 5.41) is 15.2. The maximum atomic E-state index is 8.26.